The molecule has 0 bridgehead atoms. The number of aromatic nitrogens is 1. The summed E-state index contributed by atoms with van der Waals surface area (Å²) in [4.78, 5) is 16.8. The van der Waals surface area contributed by atoms with Crippen molar-refractivity contribution in [1.82, 2.24) is 10.3 Å². The monoisotopic (exact) mass is 265 g/mol. The Balaban J connectivity index is 0.00000112. The Morgan fingerprint density at radius 3 is 3.07 bits per heavy atom. The number of carbonyl (C=O) groups excluding carboxylic acids is 1. The van der Waals surface area contributed by atoms with Gasteiger partial charge in [-0.05, 0) is 6.92 Å². The molecule has 2 heterocycles. The van der Waals surface area contributed by atoms with E-state index in [1.54, 1.807) is 18.0 Å². The lowest BCUT2D eigenvalue weighted by Gasteiger charge is -2.07. The highest BCUT2D eigenvalue weighted by Crippen LogP contribution is 2.18. The maximum atomic E-state index is 11.6. The molecule has 0 aromatic carbocycles. The number of halogens is 1. The summed E-state index contributed by atoms with van der Waals surface area (Å²) < 4.78 is 0. The summed E-state index contributed by atoms with van der Waals surface area (Å²) in [6.07, 6.45) is 1.76. The van der Waals surface area contributed by atoms with Crippen molar-refractivity contribution >= 4 is 46.5 Å². The van der Waals surface area contributed by atoms with Crippen LogP contribution in [0.5, 0.6) is 0 Å². The van der Waals surface area contributed by atoms with Crippen molar-refractivity contribution in [2.45, 2.75) is 13.0 Å². The lowest BCUT2D eigenvalue weighted by atomic mass is 10.3. The van der Waals surface area contributed by atoms with Gasteiger partial charge < -0.3 is 5.32 Å². The Morgan fingerprint density at radius 2 is 2.53 bits per heavy atom. The topological polar surface area (TPSA) is 54.0 Å². The third-order valence-corrected chi connectivity index (χ3v) is 3.65. The van der Waals surface area contributed by atoms with Crippen LogP contribution in [0, 0.1) is 6.92 Å². The summed E-state index contributed by atoms with van der Waals surface area (Å²) in [5, 5.41) is 6.59. The first-order chi connectivity index (χ1) is 6.75. The van der Waals surface area contributed by atoms with Crippen LogP contribution in [-0.2, 0) is 4.79 Å². The second kappa shape index (κ2) is 5.69. The maximum Gasteiger partial charge on any atom is 0.244 e. The van der Waals surface area contributed by atoms with Crippen molar-refractivity contribution in [3.05, 3.63) is 11.1 Å². The van der Waals surface area contributed by atoms with Gasteiger partial charge in [-0.2, -0.15) is 0 Å². The lowest BCUT2D eigenvalue weighted by molar-refractivity contribution is -0.117. The second-order valence-electron chi connectivity index (χ2n) is 3.04. The Bertz CT molecular complexity index is 338. The highest BCUT2D eigenvalue weighted by molar-refractivity contribution is 7.99. The minimum Gasteiger partial charge on any atom is -0.301 e. The molecule has 1 fully saturated rings. The number of rotatable bonds is 2. The van der Waals surface area contributed by atoms with Gasteiger partial charge in [-0.25, -0.2) is 4.98 Å². The van der Waals surface area contributed by atoms with E-state index in [2.05, 4.69) is 15.6 Å². The molecule has 1 aliphatic rings. The molecule has 2 rings (SSSR count). The van der Waals surface area contributed by atoms with Gasteiger partial charge in [0.15, 0.2) is 5.13 Å². The van der Waals surface area contributed by atoms with E-state index in [1.807, 2.05) is 6.92 Å². The summed E-state index contributed by atoms with van der Waals surface area (Å²) in [5.74, 6) is 1.72. The molecular weight excluding hydrogens is 254 g/mol. The molecular formula is C8H12ClN3OS2. The summed E-state index contributed by atoms with van der Waals surface area (Å²) in [6.45, 7) is 1.97. The van der Waals surface area contributed by atoms with Crippen LogP contribution in [0.3, 0.4) is 0 Å². The van der Waals surface area contributed by atoms with Gasteiger partial charge in [-0.15, -0.1) is 35.5 Å². The number of thiazole rings is 1. The minimum absolute atomic E-state index is 0. The molecule has 0 aliphatic carbocycles. The van der Waals surface area contributed by atoms with Crippen molar-refractivity contribution in [3.63, 3.8) is 0 Å². The lowest BCUT2D eigenvalue weighted by Crippen LogP contribution is -2.37. The van der Waals surface area contributed by atoms with Gasteiger partial charge in [0.25, 0.3) is 0 Å². The van der Waals surface area contributed by atoms with Crippen LogP contribution in [0.25, 0.3) is 0 Å². The van der Waals surface area contributed by atoms with Crippen molar-refractivity contribution in [3.8, 4) is 0 Å². The normalized spacial score (nSPS) is 19.7. The van der Waals surface area contributed by atoms with E-state index in [0.717, 1.165) is 16.5 Å². The SMILES string of the molecule is Cc1cnc(NC(=O)[C@H]2CSCN2)s1.Cl. The van der Waals surface area contributed by atoms with Crippen molar-refractivity contribution < 1.29 is 4.79 Å². The molecule has 7 heteroatoms. The Hall–Kier alpha value is -0.300. The van der Waals surface area contributed by atoms with Crippen LogP contribution in [0.4, 0.5) is 5.13 Å². The molecule has 84 valence electrons. The van der Waals surface area contributed by atoms with Gasteiger partial charge in [-0.1, -0.05) is 0 Å². The van der Waals surface area contributed by atoms with Crippen LogP contribution in [0.2, 0.25) is 0 Å². The molecule has 1 atom stereocenters. The summed E-state index contributed by atoms with van der Waals surface area (Å²) >= 11 is 3.23. The number of hydrogen-bond acceptors (Lipinski definition) is 5. The van der Waals surface area contributed by atoms with E-state index in [-0.39, 0.29) is 24.4 Å². The first-order valence-corrected chi connectivity index (χ1v) is 6.27. The number of anilines is 1. The Labute approximate surface area is 103 Å². The van der Waals surface area contributed by atoms with Gasteiger partial charge >= 0.3 is 0 Å². The number of nitrogens with one attached hydrogen (secondary N) is 2. The first-order valence-electron chi connectivity index (χ1n) is 4.30. The van der Waals surface area contributed by atoms with E-state index in [1.165, 1.54) is 11.3 Å². The van der Waals surface area contributed by atoms with Gasteiger partial charge in [0, 0.05) is 22.7 Å². The highest BCUT2D eigenvalue weighted by Gasteiger charge is 2.22. The van der Waals surface area contributed by atoms with E-state index in [4.69, 9.17) is 0 Å². The molecule has 4 nitrogen and oxygen atoms in total. The molecule has 1 amide bonds. The smallest absolute Gasteiger partial charge is 0.244 e. The zero-order chi connectivity index (χ0) is 9.97. The molecule has 15 heavy (non-hydrogen) atoms. The molecule has 0 radical (unpaired) electrons. The van der Waals surface area contributed by atoms with Crippen LogP contribution >= 0.6 is 35.5 Å². The molecule has 1 aliphatic heterocycles. The predicted molar refractivity (Wildman–Crippen MR) is 67.0 cm³/mol. The number of thioether (sulfide) groups is 1. The summed E-state index contributed by atoms with van der Waals surface area (Å²) in [7, 11) is 0. The molecule has 2 N–H and O–H groups in total. The molecule has 0 saturated carbocycles. The van der Waals surface area contributed by atoms with E-state index in [9.17, 15) is 4.79 Å². The fourth-order valence-electron chi connectivity index (χ4n) is 1.17. The molecule has 0 unspecified atom stereocenters. The molecule has 1 saturated heterocycles. The number of hydrogen-bond donors (Lipinski definition) is 2. The second-order valence-corrected chi connectivity index (χ2v) is 5.30. The van der Waals surface area contributed by atoms with Gasteiger partial charge in [-0.3, -0.25) is 10.1 Å². The van der Waals surface area contributed by atoms with E-state index >= 15 is 0 Å². The van der Waals surface area contributed by atoms with Gasteiger partial charge in [0.05, 0.1) is 6.04 Å². The summed E-state index contributed by atoms with van der Waals surface area (Å²) in [5.41, 5.74) is 0. The van der Waals surface area contributed by atoms with E-state index in [0.29, 0.717) is 5.13 Å². The zero-order valence-corrected chi connectivity index (χ0v) is 10.6. The quantitative estimate of drug-likeness (QED) is 0.851. The summed E-state index contributed by atoms with van der Waals surface area (Å²) in [6, 6.07) is -0.0655. The van der Waals surface area contributed by atoms with Gasteiger partial charge in [0.2, 0.25) is 5.91 Å². The Kier molecular flexibility index (Phi) is 4.85. The minimum atomic E-state index is -0.0655. The van der Waals surface area contributed by atoms with Crippen LogP contribution < -0.4 is 10.6 Å². The molecule has 0 spiro atoms. The fourth-order valence-corrected chi connectivity index (χ4v) is 2.78. The number of nitrogens with zero attached hydrogens (tertiary/aromatic N) is 1. The highest BCUT2D eigenvalue weighted by atomic mass is 35.5. The van der Waals surface area contributed by atoms with Gasteiger partial charge in [0.1, 0.15) is 0 Å². The maximum absolute atomic E-state index is 11.6. The third-order valence-electron chi connectivity index (χ3n) is 1.88. The molecule has 1 aromatic rings. The Morgan fingerprint density at radius 1 is 1.73 bits per heavy atom. The van der Waals surface area contributed by atoms with Crippen LogP contribution in [-0.4, -0.2) is 28.6 Å². The van der Waals surface area contributed by atoms with Crippen molar-refractivity contribution in [2.24, 2.45) is 0 Å². The van der Waals surface area contributed by atoms with E-state index < -0.39 is 0 Å². The van der Waals surface area contributed by atoms with Crippen molar-refractivity contribution in [2.75, 3.05) is 16.9 Å². The average molecular weight is 266 g/mol. The predicted octanol–water partition coefficient (Wildman–Crippen LogP) is 1.47. The number of carbonyl (C=O) groups is 1. The molecule has 1 aromatic heterocycles. The van der Waals surface area contributed by atoms with Crippen molar-refractivity contribution in [1.29, 1.82) is 0 Å². The van der Waals surface area contributed by atoms with Crippen LogP contribution in [0.15, 0.2) is 6.20 Å². The third kappa shape index (κ3) is 3.34. The van der Waals surface area contributed by atoms with Crippen LogP contribution in [0.1, 0.15) is 4.88 Å². The largest absolute Gasteiger partial charge is 0.301 e. The number of aryl methyl sites for hydroxylation is 1. The zero-order valence-electron chi connectivity index (χ0n) is 8.15. The number of amides is 1. The fraction of sp³-hybridized carbons (Fsp3) is 0.500. The standard InChI is InChI=1S/C8H11N3OS2.ClH/c1-5-2-9-8(14-5)11-7(12)6-3-13-4-10-6;/h2,6,10H,3-4H2,1H3,(H,9,11,12);1H/t6-;/m1./s1. The first kappa shape index (κ1) is 12.8. The average Bonchev–Trinajstić information content (AvgIpc) is 2.75.